The Bertz CT molecular complexity index is 406. The summed E-state index contributed by atoms with van der Waals surface area (Å²) in [6.07, 6.45) is 0.446. The lowest BCUT2D eigenvalue weighted by molar-refractivity contribution is -0.137. The number of rotatable bonds is 1. The molecule has 1 unspecified atom stereocenters. The van der Waals surface area contributed by atoms with Crippen LogP contribution in [0.1, 0.15) is 5.56 Å². The van der Waals surface area contributed by atoms with E-state index in [2.05, 4.69) is 5.32 Å². The van der Waals surface area contributed by atoms with E-state index in [4.69, 9.17) is 28.3 Å². The van der Waals surface area contributed by atoms with Crippen LogP contribution in [0.2, 0.25) is 10.0 Å². The van der Waals surface area contributed by atoms with Gasteiger partial charge in [-0.3, -0.25) is 0 Å². The highest BCUT2D eigenvalue weighted by Crippen LogP contribution is 2.37. The molecule has 1 atom stereocenters. The number of carboxylic acids is 1. The van der Waals surface area contributed by atoms with Crippen LogP contribution in [0.3, 0.4) is 0 Å². The first-order valence-electron chi connectivity index (χ1n) is 4.06. The molecule has 0 bridgehead atoms. The Labute approximate surface area is 90.6 Å². The fraction of sp³-hybridized carbons (Fsp3) is 0.222. The van der Waals surface area contributed by atoms with Crippen LogP contribution in [0.5, 0.6) is 0 Å². The molecule has 74 valence electrons. The first-order chi connectivity index (χ1) is 6.59. The second kappa shape index (κ2) is 3.33. The molecule has 0 radical (unpaired) electrons. The maximum Gasteiger partial charge on any atom is 0.326 e. The molecule has 0 spiro atoms. The Morgan fingerprint density at radius 3 is 2.86 bits per heavy atom. The van der Waals surface area contributed by atoms with Gasteiger partial charge in [0, 0.05) is 6.42 Å². The summed E-state index contributed by atoms with van der Waals surface area (Å²) in [5.74, 6) is -0.881. The third kappa shape index (κ3) is 1.42. The molecule has 1 aromatic carbocycles. The van der Waals surface area contributed by atoms with Gasteiger partial charge in [0.2, 0.25) is 0 Å². The molecule has 1 aliphatic rings. The van der Waals surface area contributed by atoms with Gasteiger partial charge < -0.3 is 10.4 Å². The Morgan fingerprint density at radius 2 is 2.21 bits per heavy atom. The van der Waals surface area contributed by atoms with E-state index >= 15 is 0 Å². The number of fused-ring (bicyclic) bond motifs is 1. The van der Waals surface area contributed by atoms with Crippen LogP contribution in [0, 0.1) is 0 Å². The van der Waals surface area contributed by atoms with Gasteiger partial charge in [-0.1, -0.05) is 29.3 Å². The first-order valence-corrected chi connectivity index (χ1v) is 4.81. The SMILES string of the molecule is O=C(O)C1Cc2ccc(Cl)c(Cl)c2N1. The van der Waals surface area contributed by atoms with E-state index in [1.807, 2.05) is 0 Å². The lowest BCUT2D eigenvalue weighted by Gasteiger charge is -2.06. The molecule has 2 N–H and O–H groups in total. The highest BCUT2D eigenvalue weighted by Gasteiger charge is 2.28. The summed E-state index contributed by atoms with van der Waals surface area (Å²) in [6.45, 7) is 0. The standard InChI is InChI=1S/C9H7Cl2NO2/c10-5-2-1-4-3-6(9(13)14)12-8(4)7(5)11/h1-2,6,12H,3H2,(H,13,14). The van der Waals surface area contributed by atoms with Gasteiger partial charge >= 0.3 is 5.97 Å². The van der Waals surface area contributed by atoms with Crippen molar-refractivity contribution in [3.05, 3.63) is 27.7 Å². The fourth-order valence-corrected chi connectivity index (χ4v) is 1.91. The monoisotopic (exact) mass is 231 g/mol. The molecule has 1 heterocycles. The molecule has 3 nitrogen and oxygen atoms in total. The summed E-state index contributed by atoms with van der Waals surface area (Å²) in [4.78, 5) is 10.7. The Morgan fingerprint density at radius 1 is 1.50 bits per heavy atom. The van der Waals surface area contributed by atoms with E-state index in [-0.39, 0.29) is 0 Å². The van der Waals surface area contributed by atoms with E-state index in [1.165, 1.54) is 0 Å². The molecule has 5 heteroatoms. The van der Waals surface area contributed by atoms with Gasteiger partial charge in [-0.2, -0.15) is 0 Å². The molecule has 14 heavy (non-hydrogen) atoms. The van der Waals surface area contributed by atoms with Crippen molar-refractivity contribution in [3.8, 4) is 0 Å². The van der Waals surface area contributed by atoms with Gasteiger partial charge in [-0.25, -0.2) is 4.79 Å². The number of benzene rings is 1. The molecule has 1 aromatic rings. The van der Waals surface area contributed by atoms with Crippen LogP contribution in [-0.2, 0) is 11.2 Å². The molecule has 0 aromatic heterocycles. The van der Waals surface area contributed by atoms with Gasteiger partial charge in [0.15, 0.2) is 0 Å². The molecule has 1 aliphatic heterocycles. The third-order valence-electron chi connectivity index (χ3n) is 2.22. The number of nitrogens with one attached hydrogen (secondary N) is 1. The Hall–Kier alpha value is -0.930. The zero-order valence-corrected chi connectivity index (χ0v) is 8.56. The Balaban J connectivity index is 2.40. The van der Waals surface area contributed by atoms with Gasteiger partial charge in [-0.05, 0) is 11.6 Å². The number of anilines is 1. The Kier molecular flexibility index (Phi) is 2.29. The largest absolute Gasteiger partial charge is 0.480 e. The molecule has 0 saturated carbocycles. The number of carbonyl (C=O) groups is 1. The maximum absolute atomic E-state index is 10.7. The second-order valence-electron chi connectivity index (χ2n) is 3.13. The summed E-state index contributed by atoms with van der Waals surface area (Å²) < 4.78 is 0. The van der Waals surface area contributed by atoms with E-state index < -0.39 is 12.0 Å². The predicted molar refractivity (Wildman–Crippen MR) is 55.2 cm³/mol. The molecule has 0 aliphatic carbocycles. The minimum atomic E-state index is -0.881. The van der Waals surface area contributed by atoms with Crippen molar-refractivity contribution in [1.29, 1.82) is 0 Å². The molecule has 0 fully saturated rings. The average molecular weight is 232 g/mol. The van der Waals surface area contributed by atoms with Crippen molar-refractivity contribution >= 4 is 34.9 Å². The van der Waals surface area contributed by atoms with E-state index in [9.17, 15) is 4.79 Å². The zero-order valence-electron chi connectivity index (χ0n) is 7.05. The van der Waals surface area contributed by atoms with Gasteiger partial charge in [0.1, 0.15) is 6.04 Å². The van der Waals surface area contributed by atoms with Crippen LogP contribution < -0.4 is 5.32 Å². The smallest absolute Gasteiger partial charge is 0.326 e. The normalized spacial score (nSPS) is 18.9. The number of hydrogen-bond acceptors (Lipinski definition) is 2. The first kappa shape index (κ1) is 9.62. The van der Waals surface area contributed by atoms with Gasteiger partial charge in [0.25, 0.3) is 0 Å². The van der Waals surface area contributed by atoms with Crippen LogP contribution >= 0.6 is 23.2 Å². The van der Waals surface area contributed by atoms with E-state index in [0.29, 0.717) is 22.2 Å². The van der Waals surface area contributed by atoms with Crippen molar-refractivity contribution in [1.82, 2.24) is 0 Å². The molecule has 0 amide bonds. The lowest BCUT2D eigenvalue weighted by Crippen LogP contribution is -2.26. The van der Waals surface area contributed by atoms with Crippen molar-refractivity contribution < 1.29 is 9.90 Å². The van der Waals surface area contributed by atoms with Crippen LogP contribution in [-0.4, -0.2) is 17.1 Å². The molecular weight excluding hydrogens is 225 g/mol. The van der Waals surface area contributed by atoms with Crippen LogP contribution in [0.15, 0.2) is 12.1 Å². The van der Waals surface area contributed by atoms with Crippen molar-refractivity contribution in [2.24, 2.45) is 0 Å². The quantitative estimate of drug-likeness (QED) is 0.781. The number of carboxylic acid groups (broad SMARTS) is 1. The van der Waals surface area contributed by atoms with Crippen LogP contribution in [0.25, 0.3) is 0 Å². The number of hydrogen-bond donors (Lipinski definition) is 2. The molecular formula is C9H7Cl2NO2. The predicted octanol–water partition coefficient (Wildman–Crippen LogP) is 2.41. The zero-order chi connectivity index (χ0) is 10.3. The van der Waals surface area contributed by atoms with Crippen LogP contribution in [0.4, 0.5) is 5.69 Å². The highest BCUT2D eigenvalue weighted by atomic mass is 35.5. The number of aliphatic carboxylic acids is 1. The van der Waals surface area contributed by atoms with E-state index in [0.717, 1.165) is 5.56 Å². The topological polar surface area (TPSA) is 49.3 Å². The van der Waals surface area contributed by atoms with E-state index in [1.54, 1.807) is 12.1 Å². The summed E-state index contributed by atoms with van der Waals surface area (Å²) in [5, 5.41) is 12.5. The van der Waals surface area contributed by atoms with Crippen molar-refractivity contribution in [2.45, 2.75) is 12.5 Å². The van der Waals surface area contributed by atoms with Crippen molar-refractivity contribution in [2.75, 3.05) is 5.32 Å². The molecule has 2 rings (SSSR count). The average Bonchev–Trinajstić information content (AvgIpc) is 2.56. The van der Waals surface area contributed by atoms with Gasteiger partial charge in [0.05, 0.1) is 15.7 Å². The summed E-state index contributed by atoms with van der Waals surface area (Å²) >= 11 is 11.7. The number of halogens is 2. The van der Waals surface area contributed by atoms with Gasteiger partial charge in [-0.15, -0.1) is 0 Å². The summed E-state index contributed by atoms with van der Waals surface area (Å²) in [6, 6.07) is 2.87. The third-order valence-corrected chi connectivity index (χ3v) is 3.03. The minimum absolute atomic E-state index is 0.396. The second-order valence-corrected chi connectivity index (χ2v) is 3.92. The summed E-state index contributed by atoms with van der Waals surface area (Å²) in [7, 11) is 0. The van der Waals surface area contributed by atoms with Crippen molar-refractivity contribution in [3.63, 3.8) is 0 Å². The summed E-state index contributed by atoms with van der Waals surface area (Å²) in [5.41, 5.74) is 1.54. The fourth-order valence-electron chi connectivity index (χ4n) is 1.51. The lowest BCUT2D eigenvalue weighted by atomic mass is 10.1. The molecule has 0 saturated heterocycles. The highest BCUT2D eigenvalue weighted by molar-refractivity contribution is 6.44. The minimum Gasteiger partial charge on any atom is -0.480 e. The maximum atomic E-state index is 10.7.